The second-order valence-corrected chi connectivity index (χ2v) is 7.47. The lowest BCUT2D eigenvalue weighted by Gasteiger charge is -2.24. The van der Waals surface area contributed by atoms with Crippen molar-refractivity contribution in [2.24, 2.45) is 0 Å². The number of aryl methyl sites for hydroxylation is 2. The number of aromatic nitrogens is 5. The molecule has 1 unspecified atom stereocenters. The van der Waals surface area contributed by atoms with Crippen molar-refractivity contribution in [3.63, 3.8) is 0 Å². The first-order valence-corrected chi connectivity index (χ1v) is 9.51. The quantitative estimate of drug-likeness (QED) is 0.568. The minimum atomic E-state index is -0.0872. The van der Waals surface area contributed by atoms with Crippen molar-refractivity contribution in [1.82, 2.24) is 24.7 Å². The van der Waals surface area contributed by atoms with Crippen molar-refractivity contribution < 1.29 is 9.90 Å². The molecule has 1 aliphatic carbocycles. The van der Waals surface area contributed by atoms with Gasteiger partial charge < -0.3 is 5.11 Å². The maximum absolute atomic E-state index is 12.8. The average Bonchev–Trinajstić information content (AvgIpc) is 3.05. The maximum Gasteiger partial charge on any atom is 0.254 e. The maximum atomic E-state index is 12.8. The smallest absolute Gasteiger partial charge is 0.254 e. The molecule has 144 valence electrons. The highest BCUT2D eigenvalue weighted by atomic mass is 16.3. The van der Waals surface area contributed by atoms with Gasteiger partial charge in [0, 0.05) is 29.6 Å². The van der Waals surface area contributed by atoms with E-state index in [4.69, 9.17) is 0 Å². The number of carbonyl (C=O) groups is 1. The fourth-order valence-electron chi connectivity index (χ4n) is 4.10. The lowest BCUT2D eigenvalue weighted by Crippen LogP contribution is -2.19. The van der Waals surface area contributed by atoms with Crippen molar-refractivity contribution in [2.45, 2.75) is 32.6 Å². The van der Waals surface area contributed by atoms with Crippen LogP contribution in [-0.4, -0.2) is 35.6 Å². The summed E-state index contributed by atoms with van der Waals surface area (Å²) < 4.78 is 1.30. The summed E-state index contributed by atoms with van der Waals surface area (Å²) in [6.07, 6.45) is 2.64. The molecule has 1 N–H and O–H groups in total. The Morgan fingerprint density at radius 3 is 2.52 bits per heavy atom. The van der Waals surface area contributed by atoms with Crippen LogP contribution in [-0.2, 0) is 6.42 Å². The monoisotopic (exact) mass is 385 g/mol. The third-order valence-corrected chi connectivity index (χ3v) is 5.40. The van der Waals surface area contributed by atoms with Crippen LogP contribution in [0.3, 0.4) is 0 Å². The lowest BCUT2D eigenvalue weighted by molar-refractivity contribution is 0.0964. The molecule has 29 heavy (non-hydrogen) atoms. The molecule has 5 rings (SSSR count). The van der Waals surface area contributed by atoms with Crippen LogP contribution in [0.15, 0.2) is 42.6 Å². The Morgan fingerprint density at radius 2 is 1.79 bits per heavy atom. The highest BCUT2D eigenvalue weighted by Crippen LogP contribution is 2.39. The summed E-state index contributed by atoms with van der Waals surface area (Å²) in [4.78, 5) is 25.9. The Morgan fingerprint density at radius 1 is 1.07 bits per heavy atom. The Hall–Kier alpha value is -3.61. The summed E-state index contributed by atoms with van der Waals surface area (Å²) in [5.41, 5.74) is 4.39. The second kappa shape index (κ2) is 6.48. The van der Waals surface area contributed by atoms with Gasteiger partial charge in [0.25, 0.3) is 5.95 Å². The van der Waals surface area contributed by atoms with E-state index in [2.05, 4.69) is 20.1 Å². The molecule has 0 radical (unpaired) electrons. The van der Waals surface area contributed by atoms with Gasteiger partial charge in [0.1, 0.15) is 0 Å². The molecular weight excluding hydrogens is 366 g/mol. The number of hydrogen-bond donors (Lipinski definition) is 1. The van der Waals surface area contributed by atoms with Crippen LogP contribution in [0.5, 0.6) is 5.88 Å². The van der Waals surface area contributed by atoms with E-state index in [-0.39, 0.29) is 23.5 Å². The van der Waals surface area contributed by atoms with Gasteiger partial charge in [-0.15, -0.1) is 5.10 Å². The molecule has 3 aromatic heterocycles. The molecule has 1 atom stereocenters. The predicted octanol–water partition coefficient (Wildman–Crippen LogP) is 3.45. The third-order valence-electron chi connectivity index (χ3n) is 5.40. The number of rotatable bonds is 2. The molecule has 0 aliphatic heterocycles. The molecule has 0 fully saturated rings. The predicted molar refractivity (Wildman–Crippen MR) is 107 cm³/mol. The Kier molecular flexibility index (Phi) is 3.91. The zero-order valence-electron chi connectivity index (χ0n) is 16.1. The van der Waals surface area contributed by atoms with Gasteiger partial charge >= 0.3 is 0 Å². The fraction of sp³-hybridized carbons (Fsp3) is 0.227. The molecule has 4 aromatic rings. The first-order valence-electron chi connectivity index (χ1n) is 9.51. The minimum absolute atomic E-state index is 0.0318. The second-order valence-electron chi connectivity index (χ2n) is 7.47. The van der Waals surface area contributed by atoms with Crippen LogP contribution in [0.2, 0.25) is 0 Å². The van der Waals surface area contributed by atoms with E-state index >= 15 is 0 Å². The van der Waals surface area contributed by atoms with Gasteiger partial charge in [-0.1, -0.05) is 30.3 Å². The van der Waals surface area contributed by atoms with Crippen molar-refractivity contribution >= 4 is 16.8 Å². The van der Waals surface area contributed by atoms with Gasteiger partial charge in [-0.05, 0) is 43.4 Å². The van der Waals surface area contributed by atoms with E-state index in [1.807, 2.05) is 50.2 Å². The van der Waals surface area contributed by atoms with Gasteiger partial charge in [0.15, 0.2) is 11.4 Å². The summed E-state index contributed by atoms with van der Waals surface area (Å²) in [5.74, 6) is 0.288. The molecule has 1 aromatic carbocycles. The number of benzene rings is 1. The summed E-state index contributed by atoms with van der Waals surface area (Å²) >= 11 is 0. The molecule has 0 spiro atoms. The van der Waals surface area contributed by atoms with Crippen LogP contribution < -0.4 is 0 Å². The summed E-state index contributed by atoms with van der Waals surface area (Å²) in [5, 5.41) is 15.9. The first kappa shape index (κ1) is 17.5. The highest BCUT2D eigenvalue weighted by Gasteiger charge is 2.31. The van der Waals surface area contributed by atoms with Gasteiger partial charge in [0.05, 0.1) is 5.39 Å². The molecule has 0 saturated heterocycles. The number of fused-ring (bicyclic) bond motifs is 3. The zero-order chi connectivity index (χ0) is 20.1. The van der Waals surface area contributed by atoms with Crippen LogP contribution >= 0.6 is 0 Å². The number of ketones is 1. The zero-order valence-corrected chi connectivity index (χ0v) is 16.1. The van der Waals surface area contributed by atoms with Crippen molar-refractivity contribution in [1.29, 1.82) is 0 Å². The number of hydrogen-bond acceptors (Lipinski definition) is 6. The van der Waals surface area contributed by atoms with Crippen LogP contribution in [0.1, 0.15) is 45.2 Å². The summed E-state index contributed by atoms with van der Waals surface area (Å²) in [6.45, 7) is 3.73. The van der Waals surface area contributed by atoms with Gasteiger partial charge in [-0.3, -0.25) is 4.79 Å². The molecule has 7 heteroatoms. The topological polar surface area (TPSA) is 93.8 Å². The number of nitrogens with zero attached hydrogens (tertiary/aromatic N) is 5. The highest BCUT2D eigenvalue weighted by molar-refractivity contribution is 6.03. The molecule has 7 nitrogen and oxygen atoms in total. The largest absolute Gasteiger partial charge is 0.493 e. The average molecular weight is 385 g/mol. The van der Waals surface area contributed by atoms with Crippen LogP contribution in [0.25, 0.3) is 17.0 Å². The Labute approximate surface area is 167 Å². The van der Waals surface area contributed by atoms with Gasteiger partial charge in [0.2, 0.25) is 5.88 Å². The number of pyridine rings is 1. The Balaban J connectivity index is 1.69. The van der Waals surface area contributed by atoms with E-state index in [9.17, 15) is 9.90 Å². The summed E-state index contributed by atoms with van der Waals surface area (Å²) in [6, 6.07) is 11.8. The Bertz CT molecular complexity index is 1240. The van der Waals surface area contributed by atoms with E-state index in [1.165, 1.54) is 4.68 Å². The van der Waals surface area contributed by atoms with Crippen LogP contribution in [0, 0.1) is 13.8 Å². The van der Waals surface area contributed by atoms with E-state index in [1.54, 1.807) is 6.20 Å². The van der Waals surface area contributed by atoms with Crippen LogP contribution in [0.4, 0.5) is 0 Å². The van der Waals surface area contributed by atoms with E-state index < -0.39 is 0 Å². The minimum Gasteiger partial charge on any atom is -0.493 e. The number of Topliss-reactive ketones (excluding diaryl/α,β-unsaturated/α-hetero) is 1. The lowest BCUT2D eigenvalue weighted by atomic mass is 9.79. The molecule has 1 aliphatic rings. The first-order chi connectivity index (χ1) is 14.0. The fourth-order valence-corrected chi connectivity index (χ4v) is 4.10. The van der Waals surface area contributed by atoms with E-state index in [0.29, 0.717) is 29.4 Å². The SMILES string of the molecule is Cc1cc(C)nc(-n2nc3ncc4c(c3c2O)CC(c2ccccc2)CC4=O)n1. The standard InChI is InChI=1S/C22H19N5O2/c1-12-8-13(2)25-22(24-12)27-21(29)19-16-9-15(14-6-4-3-5-7-14)10-18(28)17(16)11-23-20(19)26-27/h3-8,11,15,29H,9-10H2,1-2H3. The summed E-state index contributed by atoms with van der Waals surface area (Å²) in [7, 11) is 0. The number of aromatic hydroxyl groups is 1. The number of carbonyl (C=O) groups excluding carboxylic acids is 1. The molecule has 0 amide bonds. The normalized spacial score (nSPS) is 16.2. The molecular formula is C22H19N5O2. The third kappa shape index (κ3) is 2.86. The van der Waals surface area contributed by atoms with Gasteiger partial charge in [-0.25, -0.2) is 15.0 Å². The van der Waals surface area contributed by atoms with Crippen molar-refractivity contribution in [3.05, 3.63) is 70.7 Å². The molecule has 0 bridgehead atoms. The van der Waals surface area contributed by atoms with Crippen molar-refractivity contribution in [3.8, 4) is 11.8 Å². The van der Waals surface area contributed by atoms with Crippen molar-refractivity contribution in [2.75, 3.05) is 0 Å². The van der Waals surface area contributed by atoms with E-state index in [0.717, 1.165) is 22.5 Å². The molecule has 0 saturated carbocycles. The molecule has 3 heterocycles. The van der Waals surface area contributed by atoms with Gasteiger partial charge in [-0.2, -0.15) is 4.68 Å².